The van der Waals surface area contributed by atoms with Gasteiger partial charge in [-0.25, -0.2) is 8.42 Å². The van der Waals surface area contributed by atoms with Crippen LogP contribution in [0.25, 0.3) is 0 Å². The fourth-order valence-corrected chi connectivity index (χ4v) is 17.1. The van der Waals surface area contributed by atoms with Crippen molar-refractivity contribution in [1.29, 1.82) is 0 Å². The summed E-state index contributed by atoms with van der Waals surface area (Å²) in [6.07, 6.45) is 16.1. The SMILES string of the molecule is C=NC12CC[C@@H]3C4[C@H](C(=C)C)CC[C@]4(NCCN4CCS(=O)(=O)CC4)CC[C@@]3(C)[C@]1(C)CCC1C(C)(C)C(C3=CCC(COc4nsc(=O)[nH]4)(C(=O)O)CC3)=CC[C@@]12C. The molecule has 4 unspecified atom stereocenters. The number of H-pyrrole nitrogens is 1. The van der Waals surface area contributed by atoms with Crippen molar-refractivity contribution < 1.29 is 23.1 Å². The van der Waals surface area contributed by atoms with Crippen LogP contribution >= 0.6 is 11.5 Å². The number of aliphatic carboxylic acids is 1. The molecule has 0 aromatic carbocycles. The van der Waals surface area contributed by atoms with Gasteiger partial charge in [0.1, 0.15) is 12.0 Å². The van der Waals surface area contributed by atoms with Gasteiger partial charge in [0, 0.05) is 48.7 Å². The molecule has 0 radical (unpaired) electrons. The van der Waals surface area contributed by atoms with E-state index in [9.17, 15) is 23.1 Å². The van der Waals surface area contributed by atoms with Gasteiger partial charge in [-0.05, 0) is 142 Å². The third kappa shape index (κ3) is 6.46. The number of sulfone groups is 1. The summed E-state index contributed by atoms with van der Waals surface area (Å²) in [5.74, 6) is 1.57. The van der Waals surface area contributed by atoms with Crippen LogP contribution in [0.4, 0.5) is 0 Å². The first-order valence-corrected chi connectivity index (χ1v) is 25.0. The molecule has 1 aromatic heterocycles. The Kier molecular flexibility index (Phi) is 10.8. The van der Waals surface area contributed by atoms with Crippen molar-refractivity contribution in [3.05, 3.63) is 45.1 Å². The summed E-state index contributed by atoms with van der Waals surface area (Å²) >= 11 is 0.766. The molecule has 0 spiro atoms. The van der Waals surface area contributed by atoms with E-state index in [2.05, 4.69) is 86.6 Å². The van der Waals surface area contributed by atoms with Crippen LogP contribution in [-0.2, 0) is 14.6 Å². The Morgan fingerprint density at radius 2 is 1.78 bits per heavy atom. The lowest BCUT2D eigenvalue weighted by atomic mass is 9.30. The highest BCUT2D eigenvalue weighted by Crippen LogP contribution is 2.79. The average Bonchev–Trinajstić information content (AvgIpc) is 3.78. The molecule has 3 N–H and O–H groups in total. The van der Waals surface area contributed by atoms with Crippen LogP contribution in [0.2, 0.25) is 0 Å². The molecule has 6 aliphatic carbocycles. The molecule has 326 valence electrons. The topological polar surface area (TPSA) is 154 Å². The lowest BCUT2D eigenvalue weighted by molar-refractivity contribution is -0.231. The largest absolute Gasteiger partial charge is 0.481 e. The number of hydrogen-bond donors (Lipinski definition) is 3. The van der Waals surface area contributed by atoms with Gasteiger partial charge < -0.3 is 20.1 Å². The number of fused-ring (bicyclic) bond motifs is 7. The van der Waals surface area contributed by atoms with Crippen molar-refractivity contribution in [2.75, 3.05) is 44.3 Å². The van der Waals surface area contributed by atoms with Gasteiger partial charge in [0.05, 0.1) is 17.0 Å². The van der Waals surface area contributed by atoms with Crippen molar-refractivity contribution in [2.24, 2.45) is 55.7 Å². The summed E-state index contributed by atoms with van der Waals surface area (Å²) < 4.78 is 33.9. The molecule has 8 rings (SSSR count). The average molecular weight is 852 g/mol. The summed E-state index contributed by atoms with van der Waals surface area (Å²) in [7, 11) is -2.90. The van der Waals surface area contributed by atoms with E-state index in [1.165, 1.54) is 29.6 Å². The summed E-state index contributed by atoms with van der Waals surface area (Å²) in [6, 6.07) is 0.0803. The lowest BCUT2D eigenvalue weighted by Gasteiger charge is -2.76. The Morgan fingerprint density at radius 3 is 2.41 bits per heavy atom. The van der Waals surface area contributed by atoms with Crippen LogP contribution < -0.4 is 14.9 Å². The minimum absolute atomic E-state index is 0.0429. The molecular weight excluding hydrogens is 783 g/mol. The molecule has 11 nitrogen and oxygen atoms in total. The highest BCUT2D eigenvalue weighted by molar-refractivity contribution is 7.91. The van der Waals surface area contributed by atoms with Gasteiger partial charge >= 0.3 is 16.9 Å². The number of carboxylic acids is 1. The summed E-state index contributed by atoms with van der Waals surface area (Å²) in [4.78, 5) is 34.3. The molecule has 2 heterocycles. The number of aliphatic imine (C=N–C) groups is 1. The summed E-state index contributed by atoms with van der Waals surface area (Å²) in [5, 5.41) is 14.6. The minimum Gasteiger partial charge on any atom is -0.481 e. The first-order valence-electron chi connectivity index (χ1n) is 22.4. The number of carbonyl (C=O) groups is 1. The zero-order valence-electron chi connectivity index (χ0n) is 36.5. The van der Waals surface area contributed by atoms with E-state index >= 15 is 0 Å². The quantitative estimate of drug-likeness (QED) is 0.152. The predicted molar refractivity (Wildman–Crippen MR) is 235 cm³/mol. The van der Waals surface area contributed by atoms with E-state index in [1.54, 1.807) is 0 Å². The predicted octanol–water partition coefficient (Wildman–Crippen LogP) is 7.48. The summed E-state index contributed by atoms with van der Waals surface area (Å²) in [6.45, 7) is 27.0. The van der Waals surface area contributed by atoms with Gasteiger partial charge in [0.15, 0.2) is 9.84 Å². The molecule has 1 aliphatic heterocycles. The highest BCUT2D eigenvalue weighted by Gasteiger charge is 2.76. The fourth-order valence-electron chi connectivity index (χ4n) is 15.4. The van der Waals surface area contributed by atoms with E-state index in [0.29, 0.717) is 56.0 Å². The zero-order valence-corrected chi connectivity index (χ0v) is 38.1. The molecule has 59 heavy (non-hydrogen) atoms. The van der Waals surface area contributed by atoms with E-state index in [1.807, 2.05) is 0 Å². The van der Waals surface area contributed by atoms with E-state index < -0.39 is 21.2 Å². The van der Waals surface area contributed by atoms with Gasteiger partial charge in [0.25, 0.3) is 0 Å². The van der Waals surface area contributed by atoms with Crippen LogP contribution in [0.3, 0.4) is 0 Å². The number of aromatic nitrogens is 2. The Morgan fingerprint density at radius 1 is 1.03 bits per heavy atom. The van der Waals surface area contributed by atoms with Crippen molar-refractivity contribution in [2.45, 2.75) is 130 Å². The number of rotatable bonds is 11. The molecule has 1 aromatic rings. The van der Waals surface area contributed by atoms with Crippen LogP contribution in [0.15, 0.2) is 45.2 Å². The van der Waals surface area contributed by atoms with Gasteiger partial charge in [-0.1, -0.05) is 58.9 Å². The molecule has 5 fully saturated rings. The monoisotopic (exact) mass is 851 g/mol. The first-order chi connectivity index (χ1) is 27.7. The number of aromatic amines is 1. The van der Waals surface area contributed by atoms with Crippen molar-refractivity contribution in [3.63, 3.8) is 0 Å². The Hall–Kier alpha value is -2.61. The Balaban J connectivity index is 1.05. The van der Waals surface area contributed by atoms with E-state index in [0.717, 1.165) is 69.6 Å². The number of carboxylic acid groups (broad SMARTS) is 1. The molecule has 0 amide bonds. The maximum atomic E-state index is 12.7. The highest BCUT2D eigenvalue weighted by atomic mass is 32.2. The standard InChI is InChI=1S/C46H69N5O6S2/c1-30(2)32-11-19-45(48-23-24-51-25-27-59(55,56)28-26-51)22-21-41(5)34(36(32)45)13-20-46(47-8)42(6)15-12-33(40(3,4)35(42)14-16-43(41,46)7)31-9-17-44(18-10-31,37(52)53)29-57-38-49-39(54)58-50-38/h9,12,32,34-36,48H,1,8,10-11,13-29H2,2-7H3,(H,52,53)(H,49,50,54)/t32-,34+,35?,36?,41+,42-,43-,44?,45-,46?/m0/s1. The van der Waals surface area contributed by atoms with E-state index in [4.69, 9.17) is 9.73 Å². The molecule has 7 aliphatic rings. The molecule has 4 saturated carbocycles. The van der Waals surface area contributed by atoms with Gasteiger partial charge in [-0.3, -0.25) is 19.6 Å². The maximum Gasteiger partial charge on any atom is 0.326 e. The van der Waals surface area contributed by atoms with Crippen LogP contribution in [0.5, 0.6) is 6.01 Å². The number of ether oxygens (including phenoxy) is 1. The normalized spacial score (nSPS) is 42.5. The smallest absolute Gasteiger partial charge is 0.326 e. The Labute approximate surface area is 356 Å². The first kappa shape index (κ1) is 43.1. The number of hydrogen-bond acceptors (Lipinski definition) is 10. The molecule has 0 bridgehead atoms. The third-order valence-electron chi connectivity index (χ3n) is 18.8. The second-order valence-corrected chi connectivity index (χ2v) is 24.3. The zero-order chi connectivity index (χ0) is 42.4. The van der Waals surface area contributed by atoms with Crippen molar-refractivity contribution in [3.8, 4) is 6.01 Å². The van der Waals surface area contributed by atoms with Crippen LogP contribution in [-0.4, -0.2) is 95.8 Å². The number of allylic oxidation sites excluding steroid dienone is 5. The number of nitrogens with one attached hydrogen (secondary N) is 2. The van der Waals surface area contributed by atoms with Crippen molar-refractivity contribution in [1.82, 2.24) is 19.6 Å². The molecular formula is C46H69N5O6S2. The second kappa shape index (κ2) is 14.8. The maximum absolute atomic E-state index is 12.7. The lowest BCUT2D eigenvalue weighted by Crippen LogP contribution is -2.75. The Bertz CT molecular complexity index is 2090. The molecule has 13 heteroatoms. The number of nitrogens with zero attached hydrogens (tertiary/aromatic N) is 3. The van der Waals surface area contributed by atoms with E-state index in [-0.39, 0.29) is 61.7 Å². The van der Waals surface area contributed by atoms with Gasteiger partial charge in [-0.15, -0.1) is 4.37 Å². The summed E-state index contributed by atoms with van der Waals surface area (Å²) in [5.41, 5.74) is 2.42. The molecule has 10 atom stereocenters. The van der Waals surface area contributed by atoms with Crippen LogP contribution in [0.1, 0.15) is 119 Å². The van der Waals surface area contributed by atoms with Gasteiger partial charge in [-0.2, -0.15) is 0 Å². The molecule has 1 saturated heterocycles. The van der Waals surface area contributed by atoms with Gasteiger partial charge in [0.2, 0.25) is 0 Å². The fraction of sp³-hybridized carbons (Fsp3) is 0.783. The third-order valence-corrected chi connectivity index (χ3v) is 20.9. The van der Waals surface area contributed by atoms with Crippen molar-refractivity contribution >= 4 is 34.1 Å². The minimum atomic E-state index is -2.90. The second-order valence-electron chi connectivity index (χ2n) is 21.3. The van der Waals surface area contributed by atoms with Crippen LogP contribution in [0, 0.1) is 50.7 Å².